The molecule has 0 radical (unpaired) electrons. The van der Waals surface area contributed by atoms with Gasteiger partial charge >= 0.3 is 6.18 Å². The number of carbonyl (C=O) groups is 1. The molecule has 2 heterocycles. The largest absolute Gasteiger partial charge is 0.488 e. The number of aliphatic imine (C=N–C) groups is 1. The van der Waals surface area contributed by atoms with Crippen LogP contribution >= 0.6 is 11.8 Å². The molecule has 2 aliphatic rings. The smallest absolute Gasteiger partial charge is 0.441 e. The number of fused-ring (bicyclic) bond motifs is 1. The van der Waals surface area contributed by atoms with Gasteiger partial charge in [-0.3, -0.25) is 10.2 Å². The summed E-state index contributed by atoms with van der Waals surface area (Å²) in [4.78, 5) is 16.0. The number of rotatable bonds is 4. The molecule has 6 nitrogen and oxygen atoms in total. The van der Waals surface area contributed by atoms with E-state index in [-0.39, 0.29) is 34.9 Å². The van der Waals surface area contributed by atoms with Gasteiger partial charge in [-0.25, -0.2) is 4.39 Å². The van der Waals surface area contributed by atoms with Crippen molar-refractivity contribution in [3.05, 3.63) is 71.0 Å². The van der Waals surface area contributed by atoms with Gasteiger partial charge in [-0.05, 0) is 41.6 Å². The number of carbonyl (C=O) groups excluding carboxylic acids is 1. The minimum Gasteiger partial charge on any atom is -0.488 e. The van der Waals surface area contributed by atoms with Gasteiger partial charge < -0.3 is 4.74 Å². The highest BCUT2D eigenvalue weighted by Gasteiger charge is 2.46. The molecule has 0 saturated carbocycles. The van der Waals surface area contributed by atoms with Gasteiger partial charge in [-0.1, -0.05) is 30.3 Å². The number of halogens is 4. The zero-order valence-electron chi connectivity index (χ0n) is 15.5. The zero-order chi connectivity index (χ0) is 22.2. The normalized spacial score (nSPS) is 17.5. The maximum atomic E-state index is 13.0. The molecule has 2 aromatic rings. The van der Waals surface area contributed by atoms with E-state index in [4.69, 9.17) is 10.1 Å². The van der Waals surface area contributed by atoms with Crippen LogP contribution < -0.4 is 4.74 Å². The van der Waals surface area contributed by atoms with E-state index in [1.807, 2.05) is 0 Å². The Labute approximate surface area is 177 Å². The van der Waals surface area contributed by atoms with Crippen LogP contribution in [0.2, 0.25) is 0 Å². The number of nitrogens with zero attached hydrogens (tertiary/aromatic N) is 3. The Morgan fingerprint density at radius 2 is 1.84 bits per heavy atom. The van der Waals surface area contributed by atoms with Gasteiger partial charge in [0.15, 0.2) is 5.84 Å². The lowest BCUT2D eigenvalue weighted by Gasteiger charge is -2.20. The molecular weight excluding hydrogens is 436 g/mol. The molecule has 1 N–H and O–H groups in total. The third-order valence-electron chi connectivity index (χ3n) is 4.22. The van der Waals surface area contributed by atoms with Crippen molar-refractivity contribution >= 4 is 39.8 Å². The lowest BCUT2D eigenvalue weighted by molar-refractivity contribution is -0.114. The van der Waals surface area contributed by atoms with Gasteiger partial charge in [-0.15, -0.1) is 0 Å². The summed E-state index contributed by atoms with van der Waals surface area (Å²) < 4.78 is 57.6. The molecule has 4 rings (SSSR count). The number of thioether (sulfide) groups is 1. The Morgan fingerprint density at radius 3 is 2.55 bits per heavy atom. The lowest BCUT2D eigenvalue weighted by Crippen LogP contribution is -2.35. The Kier molecular flexibility index (Phi) is 5.36. The van der Waals surface area contributed by atoms with Crippen LogP contribution in [0, 0.1) is 11.2 Å². The Balaban J connectivity index is 1.60. The minimum atomic E-state index is -4.71. The monoisotopic (exact) mass is 448 g/mol. The molecule has 1 amide bonds. The summed E-state index contributed by atoms with van der Waals surface area (Å²) in [5.41, 5.74) is 0.903. The maximum Gasteiger partial charge on any atom is 0.441 e. The molecule has 0 unspecified atom stereocenters. The van der Waals surface area contributed by atoms with E-state index in [1.165, 1.54) is 18.2 Å². The fourth-order valence-electron chi connectivity index (χ4n) is 2.74. The zero-order valence-corrected chi connectivity index (χ0v) is 16.3. The molecule has 0 fully saturated rings. The number of amidine groups is 2. The number of ether oxygens (including phenoxy) is 1. The highest BCUT2D eigenvalue weighted by atomic mass is 32.2. The van der Waals surface area contributed by atoms with Crippen molar-refractivity contribution in [2.75, 3.05) is 0 Å². The average Bonchev–Trinajstić information content (AvgIpc) is 3.16. The summed E-state index contributed by atoms with van der Waals surface area (Å²) in [6.07, 6.45) is -3.39. The molecule has 0 aliphatic carbocycles. The van der Waals surface area contributed by atoms with Gasteiger partial charge in [-0.2, -0.15) is 28.3 Å². The number of nitrogens with one attached hydrogen (secondary N) is 1. The van der Waals surface area contributed by atoms with Gasteiger partial charge in [0, 0.05) is 5.56 Å². The summed E-state index contributed by atoms with van der Waals surface area (Å²) in [6, 6.07) is 12.4. The number of hydrogen-bond acceptors (Lipinski definition) is 5. The Hall–Kier alpha value is -3.47. The lowest BCUT2D eigenvalue weighted by atomic mass is 10.1. The number of benzene rings is 2. The van der Waals surface area contributed by atoms with Crippen molar-refractivity contribution in [2.45, 2.75) is 12.8 Å². The van der Waals surface area contributed by atoms with E-state index in [0.29, 0.717) is 21.9 Å². The minimum absolute atomic E-state index is 0.121. The first-order chi connectivity index (χ1) is 14.7. The van der Waals surface area contributed by atoms with E-state index in [0.717, 1.165) is 0 Å². The fraction of sp³-hybridized carbons (Fsp3) is 0.100. The second-order valence-electron chi connectivity index (χ2n) is 6.38. The van der Waals surface area contributed by atoms with E-state index < -0.39 is 23.0 Å². The van der Waals surface area contributed by atoms with Crippen LogP contribution in [-0.2, 0) is 11.4 Å². The van der Waals surface area contributed by atoms with Crippen LogP contribution in [-0.4, -0.2) is 33.1 Å². The summed E-state index contributed by atoms with van der Waals surface area (Å²) in [7, 11) is 0. The van der Waals surface area contributed by atoms with Crippen molar-refractivity contribution in [3.63, 3.8) is 0 Å². The van der Waals surface area contributed by atoms with Gasteiger partial charge in [0.1, 0.15) is 18.2 Å². The predicted octanol–water partition coefficient (Wildman–Crippen LogP) is 4.59. The summed E-state index contributed by atoms with van der Waals surface area (Å²) in [6.45, 7) is 0.121. The SMILES string of the molecule is N=C1/C(=C\c2ccccc2OCc2ccc(F)cc2)C(=O)N=C2SC(C(F)(F)F)=NN12. The van der Waals surface area contributed by atoms with Gasteiger partial charge in [0.05, 0.1) is 5.57 Å². The number of hydrazone groups is 1. The predicted molar refractivity (Wildman–Crippen MR) is 108 cm³/mol. The summed E-state index contributed by atoms with van der Waals surface area (Å²) >= 11 is 0.188. The molecule has 0 saturated heterocycles. The van der Waals surface area contributed by atoms with Crippen LogP contribution in [0.25, 0.3) is 6.08 Å². The standard InChI is InChI=1S/C20H12F4N4O2S/c21-13-7-5-11(6-8-13)10-30-15-4-2-1-3-12(15)9-14-16(25)28-19(26-17(14)29)31-18(27-28)20(22,23)24/h1-9,25H,10H2/b14-9+,25-16?. The van der Waals surface area contributed by atoms with Crippen LogP contribution in [0.4, 0.5) is 17.6 Å². The molecule has 0 spiro atoms. The third-order valence-corrected chi connectivity index (χ3v) is 5.18. The fourth-order valence-corrected chi connectivity index (χ4v) is 3.49. The molecule has 0 atom stereocenters. The Morgan fingerprint density at radius 1 is 1.13 bits per heavy atom. The van der Waals surface area contributed by atoms with E-state index in [1.54, 1.807) is 36.4 Å². The summed E-state index contributed by atoms with van der Waals surface area (Å²) in [5.74, 6) is -1.38. The van der Waals surface area contributed by atoms with Crippen molar-refractivity contribution < 1.29 is 27.1 Å². The topological polar surface area (TPSA) is 78.1 Å². The number of alkyl halides is 3. The molecular formula is C20H12F4N4O2S. The van der Waals surface area contributed by atoms with Crippen LogP contribution in [0.5, 0.6) is 5.75 Å². The first-order valence-corrected chi connectivity index (χ1v) is 9.58. The van der Waals surface area contributed by atoms with Crippen molar-refractivity contribution in [1.29, 1.82) is 5.41 Å². The average molecular weight is 448 g/mol. The van der Waals surface area contributed by atoms with Gasteiger partial charge in [0.2, 0.25) is 10.2 Å². The molecule has 0 bridgehead atoms. The molecule has 2 aromatic carbocycles. The van der Waals surface area contributed by atoms with E-state index in [2.05, 4.69) is 10.1 Å². The van der Waals surface area contributed by atoms with Crippen molar-refractivity contribution in [3.8, 4) is 5.75 Å². The number of hydrogen-bond donors (Lipinski definition) is 1. The second-order valence-corrected chi connectivity index (χ2v) is 7.33. The summed E-state index contributed by atoms with van der Waals surface area (Å²) in [5, 5.41) is 10.7. The van der Waals surface area contributed by atoms with Crippen LogP contribution in [0.1, 0.15) is 11.1 Å². The van der Waals surface area contributed by atoms with Crippen molar-refractivity contribution in [2.24, 2.45) is 10.1 Å². The highest BCUT2D eigenvalue weighted by Crippen LogP contribution is 2.35. The van der Waals surface area contributed by atoms with E-state index >= 15 is 0 Å². The highest BCUT2D eigenvalue weighted by molar-refractivity contribution is 8.27. The second kappa shape index (κ2) is 7.99. The molecule has 158 valence electrons. The number of amides is 1. The third kappa shape index (κ3) is 4.36. The van der Waals surface area contributed by atoms with Crippen LogP contribution in [0.15, 0.2) is 64.2 Å². The quantitative estimate of drug-likeness (QED) is 0.549. The molecule has 2 aliphatic heterocycles. The van der Waals surface area contributed by atoms with Crippen LogP contribution in [0.3, 0.4) is 0 Å². The first kappa shape index (κ1) is 20.8. The van der Waals surface area contributed by atoms with Crippen molar-refractivity contribution in [1.82, 2.24) is 5.01 Å². The molecule has 0 aromatic heterocycles. The Bertz CT molecular complexity index is 1160. The number of para-hydroxylation sites is 1. The van der Waals surface area contributed by atoms with Gasteiger partial charge in [0.25, 0.3) is 5.91 Å². The van der Waals surface area contributed by atoms with E-state index in [9.17, 15) is 22.4 Å². The molecule has 31 heavy (non-hydrogen) atoms. The maximum absolute atomic E-state index is 13.0. The molecule has 11 heteroatoms. The first-order valence-electron chi connectivity index (χ1n) is 8.76.